The molecule has 0 bridgehead atoms. The fourth-order valence-electron chi connectivity index (χ4n) is 3.63. The van der Waals surface area contributed by atoms with Crippen LogP contribution in [0.4, 0.5) is 0 Å². The first-order valence-electron chi connectivity index (χ1n) is 8.51. The second-order valence-corrected chi connectivity index (χ2v) is 6.37. The summed E-state index contributed by atoms with van der Waals surface area (Å²) in [7, 11) is 0. The van der Waals surface area contributed by atoms with Crippen molar-refractivity contribution in [1.29, 1.82) is 0 Å². The maximum Gasteiger partial charge on any atom is 0.256 e. The van der Waals surface area contributed by atoms with Gasteiger partial charge in [0.05, 0.1) is 11.1 Å². The van der Waals surface area contributed by atoms with E-state index in [0.717, 1.165) is 36.7 Å². The Balaban J connectivity index is 1.63. The average molecular weight is 316 g/mol. The van der Waals surface area contributed by atoms with Gasteiger partial charge in [0.2, 0.25) is 0 Å². The first-order valence-corrected chi connectivity index (χ1v) is 8.51. The molecule has 2 heterocycles. The Labute approximate surface area is 141 Å². The number of benzene rings is 2. The summed E-state index contributed by atoms with van der Waals surface area (Å²) in [5, 5.41) is 1.02. The predicted molar refractivity (Wildman–Crippen MR) is 95.9 cm³/mol. The normalized spacial score (nSPS) is 17.3. The van der Waals surface area contributed by atoms with Crippen LogP contribution in [0.25, 0.3) is 10.9 Å². The first-order chi connectivity index (χ1) is 11.8. The molecule has 1 fully saturated rings. The molecule has 120 valence electrons. The molecular formula is C21H20N2O. The molecule has 1 aliphatic heterocycles. The lowest BCUT2D eigenvalue weighted by Crippen LogP contribution is -2.37. The molecule has 0 N–H and O–H groups in total. The highest BCUT2D eigenvalue weighted by Crippen LogP contribution is 2.25. The summed E-state index contributed by atoms with van der Waals surface area (Å²) in [6.07, 6.45) is 4.82. The Kier molecular flexibility index (Phi) is 3.99. The second-order valence-electron chi connectivity index (χ2n) is 6.37. The van der Waals surface area contributed by atoms with Crippen LogP contribution in [-0.4, -0.2) is 28.4 Å². The standard InChI is InChI=1S/C21H20N2O/c24-21(19-12-4-9-17-10-5-13-22-20(17)19)23-14-6-11-18(23)15-16-7-2-1-3-8-16/h1-5,7-10,12-13,18H,6,11,14-15H2. The zero-order valence-corrected chi connectivity index (χ0v) is 13.6. The van der Waals surface area contributed by atoms with Crippen LogP contribution < -0.4 is 0 Å². The molecule has 3 nitrogen and oxygen atoms in total. The number of hydrogen-bond donors (Lipinski definition) is 0. The van der Waals surface area contributed by atoms with E-state index in [-0.39, 0.29) is 11.9 Å². The Morgan fingerprint density at radius 3 is 2.75 bits per heavy atom. The van der Waals surface area contributed by atoms with Gasteiger partial charge in [-0.1, -0.05) is 48.5 Å². The number of rotatable bonds is 3. The molecule has 4 rings (SSSR count). The average Bonchev–Trinajstić information content (AvgIpc) is 3.09. The minimum absolute atomic E-state index is 0.109. The topological polar surface area (TPSA) is 33.2 Å². The van der Waals surface area contributed by atoms with Crippen LogP contribution >= 0.6 is 0 Å². The van der Waals surface area contributed by atoms with Gasteiger partial charge in [-0.15, -0.1) is 0 Å². The number of carbonyl (C=O) groups is 1. The smallest absolute Gasteiger partial charge is 0.256 e. The molecular weight excluding hydrogens is 296 g/mol. The number of nitrogens with zero attached hydrogens (tertiary/aromatic N) is 2. The van der Waals surface area contributed by atoms with E-state index in [1.54, 1.807) is 6.20 Å². The van der Waals surface area contributed by atoms with Crippen molar-refractivity contribution >= 4 is 16.8 Å². The third kappa shape index (κ3) is 2.78. The summed E-state index contributed by atoms with van der Waals surface area (Å²) >= 11 is 0. The fraction of sp³-hybridized carbons (Fsp3) is 0.238. The molecule has 1 saturated heterocycles. The largest absolute Gasteiger partial charge is 0.335 e. The van der Waals surface area contributed by atoms with Gasteiger partial charge in [0, 0.05) is 24.2 Å². The molecule has 0 aliphatic carbocycles. The Morgan fingerprint density at radius 2 is 1.88 bits per heavy atom. The number of hydrogen-bond acceptors (Lipinski definition) is 2. The number of carbonyl (C=O) groups excluding carboxylic acids is 1. The molecule has 0 radical (unpaired) electrons. The van der Waals surface area contributed by atoms with E-state index in [1.165, 1.54) is 5.56 Å². The number of para-hydroxylation sites is 1. The lowest BCUT2D eigenvalue weighted by atomic mass is 10.0. The lowest BCUT2D eigenvalue weighted by molar-refractivity contribution is 0.0738. The molecule has 3 aromatic rings. The van der Waals surface area contributed by atoms with Gasteiger partial charge >= 0.3 is 0 Å². The summed E-state index contributed by atoms with van der Waals surface area (Å²) in [6, 6.07) is 20.5. The van der Waals surface area contributed by atoms with E-state index in [4.69, 9.17) is 0 Å². The van der Waals surface area contributed by atoms with Crippen LogP contribution in [0.15, 0.2) is 66.9 Å². The highest BCUT2D eigenvalue weighted by molar-refractivity contribution is 6.05. The van der Waals surface area contributed by atoms with Crippen molar-refractivity contribution in [3.05, 3.63) is 78.0 Å². The van der Waals surface area contributed by atoms with Crippen LogP contribution in [0.5, 0.6) is 0 Å². The molecule has 0 saturated carbocycles. The van der Waals surface area contributed by atoms with Crippen LogP contribution in [0.3, 0.4) is 0 Å². The summed E-state index contributed by atoms with van der Waals surface area (Å²) in [5.41, 5.74) is 2.81. The summed E-state index contributed by atoms with van der Waals surface area (Å²) in [5.74, 6) is 0.109. The van der Waals surface area contributed by atoms with Crippen LogP contribution in [-0.2, 0) is 6.42 Å². The summed E-state index contributed by atoms with van der Waals surface area (Å²) in [4.78, 5) is 19.6. The van der Waals surface area contributed by atoms with E-state index in [1.807, 2.05) is 41.3 Å². The Bertz CT molecular complexity index is 855. The summed E-state index contributed by atoms with van der Waals surface area (Å²) in [6.45, 7) is 0.833. The lowest BCUT2D eigenvalue weighted by Gasteiger charge is -2.25. The third-order valence-electron chi connectivity index (χ3n) is 4.82. The van der Waals surface area contributed by atoms with Crippen molar-refractivity contribution in [3.8, 4) is 0 Å². The number of pyridine rings is 1. The van der Waals surface area contributed by atoms with Gasteiger partial charge in [-0.05, 0) is 37.0 Å². The second kappa shape index (κ2) is 6.44. The molecule has 1 aliphatic rings. The first kappa shape index (κ1) is 14.9. The molecule has 1 aromatic heterocycles. The minimum Gasteiger partial charge on any atom is -0.335 e. The van der Waals surface area contributed by atoms with Crippen molar-refractivity contribution in [3.63, 3.8) is 0 Å². The number of likely N-dealkylation sites (tertiary alicyclic amines) is 1. The van der Waals surface area contributed by atoms with Crippen LogP contribution in [0.2, 0.25) is 0 Å². The number of fused-ring (bicyclic) bond motifs is 1. The fourth-order valence-corrected chi connectivity index (χ4v) is 3.63. The molecule has 1 amide bonds. The van der Waals surface area contributed by atoms with Crippen molar-refractivity contribution < 1.29 is 4.79 Å². The van der Waals surface area contributed by atoms with E-state index in [9.17, 15) is 4.79 Å². The van der Waals surface area contributed by atoms with Crippen molar-refractivity contribution in [2.75, 3.05) is 6.54 Å². The monoisotopic (exact) mass is 316 g/mol. The molecule has 2 aromatic carbocycles. The molecule has 0 spiro atoms. The van der Waals surface area contributed by atoms with Gasteiger partial charge in [-0.3, -0.25) is 9.78 Å². The number of aromatic nitrogens is 1. The van der Waals surface area contributed by atoms with Gasteiger partial charge < -0.3 is 4.90 Å². The van der Waals surface area contributed by atoms with E-state index in [2.05, 4.69) is 29.2 Å². The van der Waals surface area contributed by atoms with Gasteiger partial charge in [0.1, 0.15) is 0 Å². The quantitative estimate of drug-likeness (QED) is 0.729. The van der Waals surface area contributed by atoms with Crippen molar-refractivity contribution in [1.82, 2.24) is 9.88 Å². The SMILES string of the molecule is O=C(c1cccc2cccnc12)N1CCCC1Cc1ccccc1. The molecule has 1 unspecified atom stereocenters. The van der Waals surface area contributed by atoms with E-state index >= 15 is 0 Å². The summed E-state index contributed by atoms with van der Waals surface area (Å²) < 4.78 is 0. The maximum atomic E-state index is 13.1. The third-order valence-corrected chi connectivity index (χ3v) is 4.82. The van der Waals surface area contributed by atoms with Gasteiger partial charge in [0.25, 0.3) is 5.91 Å². The van der Waals surface area contributed by atoms with E-state index < -0.39 is 0 Å². The van der Waals surface area contributed by atoms with Crippen molar-refractivity contribution in [2.45, 2.75) is 25.3 Å². The van der Waals surface area contributed by atoms with Crippen molar-refractivity contribution in [2.24, 2.45) is 0 Å². The van der Waals surface area contributed by atoms with Gasteiger partial charge in [-0.2, -0.15) is 0 Å². The molecule has 1 atom stereocenters. The van der Waals surface area contributed by atoms with Crippen LogP contribution in [0.1, 0.15) is 28.8 Å². The Morgan fingerprint density at radius 1 is 1.04 bits per heavy atom. The zero-order chi connectivity index (χ0) is 16.4. The minimum atomic E-state index is 0.109. The molecule has 24 heavy (non-hydrogen) atoms. The van der Waals surface area contributed by atoms with Gasteiger partial charge in [0.15, 0.2) is 0 Å². The molecule has 3 heteroatoms. The number of amides is 1. The Hall–Kier alpha value is -2.68. The maximum absolute atomic E-state index is 13.1. The highest BCUT2D eigenvalue weighted by atomic mass is 16.2. The predicted octanol–water partition coefficient (Wildman–Crippen LogP) is 4.08. The zero-order valence-electron chi connectivity index (χ0n) is 13.6. The van der Waals surface area contributed by atoms with Crippen LogP contribution in [0, 0.1) is 0 Å². The van der Waals surface area contributed by atoms with E-state index in [0.29, 0.717) is 5.56 Å². The highest BCUT2D eigenvalue weighted by Gasteiger charge is 2.30. The van der Waals surface area contributed by atoms with Gasteiger partial charge in [-0.25, -0.2) is 0 Å².